The van der Waals surface area contributed by atoms with Gasteiger partial charge in [0.25, 0.3) is 5.91 Å². The van der Waals surface area contributed by atoms with Gasteiger partial charge in [-0.2, -0.15) is 0 Å². The molecule has 33 heavy (non-hydrogen) atoms. The van der Waals surface area contributed by atoms with Crippen LogP contribution < -0.4 is 5.32 Å². The maximum atomic E-state index is 13.0. The van der Waals surface area contributed by atoms with E-state index in [0.717, 1.165) is 40.6 Å². The molecule has 2 aromatic carbocycles. The number of amides is 2. The number of benzene rings is 2. The highest BCUT2D eigenvalue weighted by atomic mass is 32.1. The third-order valence-corrected chi connectivity index (χ3v) is 7.25. The number of rotatable bonds is 6. The van der Waals surface area contributed by atoms with Crippen molar-refractivity contribution < 1.29 is 19.4 Å². The Balaban J connectivity index is 1.41. The number of carbonyl (C=O) groups excluding carboxylic acids is 1. The van der Waals surface area contributed by atoms with Crippen LogP contribution >= 0.6 is 11.3 Å². The van der Waals surface area contributed by atoms with E-state index in [1.807, 2.05) is 43.3 Å². The maximum Gasteiger partial charge on any atom is 0.407 e. The van der Waals surface area contributed by atoms with E-state index in [2.05, 4.69) is 15.5 Å². The van der Waals surface area contributed by atoms with E-state index in [0.29, 0.717) is 36.4 Å². The van der Waals surface area contributed by atoms with Gasteiger partial charge in [-0.25, -0.2) is 4.79 Å². The second kappa shape index (κ2) is 9.07. The average Bonchev–Trinajstić information content (AvgIpc) is 3.50. The quantitative estimate of drug-likeness (QED) is 0.554. The van der Waals surface area contributed by atoms with Crippen LogP contribution in [0.4, 0.5) is 9.93 Å². The molecule has 2 N–H and O–H groups in total. The number of carboxylic acid groups (broad SMARTS) is 1. The van der Waals surface area contributed by atoms with Gasteiger partial charge in [0.2, 0.25) is 5.13 Å². The lowest BCUT2D eigenvalue weighted by molar-refractivity contribution is 0.0506. The Labute approximate surface area is 195 Å². The van der Waals surface area contributed by atoms with Crippen LogP contribution in [0.3, 0.4) is 0 Å². The fourth-order valence-corrected chi connectivity index (χ4v) is 5.30. The number of nitrogens with one attached hydrogen (secondary N) is 1. The first-order valence-corrected chi connectivity index (χ1v) is 12.0. The monoisotopic (exact) mass is 466 g/mol. The lowest BCUT2D eigenvalue weighted by Gasteiger charge is -2.28. The van der Waals surface area contributed by atoms with Crippen molar-refractivity contribution in [3.63, 3.8) is 0 Å². The number of carbonyl (C=O) groups is 2. The molecule has 2 aliphatic rings. The molecule has 2 atom stereocenters. The average molecular weight is 467 g/mol. The number of aromatic nitrogens is 2. The third-order valence-electron chi connectivity index (χ3n) is 6.50. The van der Waals surface area contributed by atoms with E-state index in [9.17, 15) is 14.7 Å². The molecule has 2 heterocycles. The van der Waals surface area contributed by atoms with Gasteiger partial charge in [0.15, 0.2) is 0 Å². The van der Waals surface area contributed by atoms with Gasteiger partial charge in [0, 0.05) is 37.3 Å². The van der Waals surface area contributed by atoms with Crippen LogP contribution in [0.2, 0.25) is 0 Å². The van der Waals surface area contributed by atoms with E-state index in [1.165, 1.54) is 11.3 Å². The van der Waals surface area contributed by atoms with Crippen LogP contribution in [0.5, 0.6) is 0 Å². The highest BCUT2D eigenvalue weighted by molar-refractivity contribution is 7.15. The number of anilines is 1. The van der Waals surface area contributed by atoms with Crippen LogP contribution in [-0.4, -0.2) is 58.0 Å². The lowest BCUT2D eigenvalue weighted by Crippen LogP contribution is -2.38. The fourth-order valence-electron chi connectivity index (χ4n) is 4.72. The largest absolute Gasteiger partial charge is 0.465 e. The first-order chi connectivity index (χ1) is 16.0. The lowest BCUT2D eigenvalue weighted by atomic mass is 9.96. The number of ether oxygens (including phenoxy) is 1. The molecular weight excluding hydrogens is 440 g/mol. The Bertz CT molecular complexity index is 1190. The van der Waals surface area contributed by atoms with Crippen LogP contribution in [0.25, 0.3) is 10.8 Å². The van der Waals surface area contributed by atoms with Gasteiger partial charge in [-0.05, 0) is 60.6 Å². The zero-order valence-corrected chi connectivity index (χ0v) is 19.2. The summed E-state index contributed by atoms with van der Waals surface area (Å²) in [6.07, 6.45) is 1.68. The third kappa shape index (κ3) is 4.69. The Hall–Kier alpha value is -3.04. The molecule has 1 saturated carbocycles. The summed E-state index contributed by atoms with van der Waals surface area (Å²) in [5, 5.41) is 23.9. The van der Waals surface area contributed by atoms with Crippen molar-refractivity contribution in [2.45, 2.75) is 38.1 Å². The van der Waals surface area contributed by atoms with Gasteiger partial charge >= 0.3 is 6.09 Å². The zero-order valence-electron chi connectivity index (χ0n) is 18.4. The molecule has 1 aromatic heterocycles. The molecule has 172 valence electrons. The second-order valence-electron chi connectivity index (χ2n) is 8.77. The van der Waals surface area contributed by atoms with Gasteiger partial charge in [0.05, 0.1) is 0 Å². The number of fused-ring (bicyclic) bond motifs is 1. The first kappa shape index (κ1) is 21.8. The Kier molecular flexibility index (Phi) is 5.99. The number of nitrogens with zero attached hydrogens (tertiary/aromatic N) is 3. The molecule has 1 saturated heterocycles. The van der Waals surface area contributed by atoms with Gasteiger partial charge in [-0.15, -0.1) is 10.2 Å². The van der Waals surface area contributed by atoms with Crippen LogP contribution in [0.15, 0.2) is 36.4 Å². The molecule has 2 fully saturated rings. The van der Waals surface area contributed by atoms with Crippen molar-refractivity contribution >= 4 is 39.2 Å². The molecule has 9 heteroatoms. The topological polar surface area (TPSA) is 105 Å². The van der Waals surface area contributed by atoms with Gasteiger partial charge in [-0.3, -0.25) is 10.1 Å². The predicted octanol–water partition coefficient (Wildman–Crippen LogP) is 4.51. The zero-order chi connectivity index (χ0) is 22.9. The highest BCUT2D eigenvalue weighted by Crippen LogP contribution is 2.48. The smallest absolute Gasteiger partial charge is 0.407 e. The minimum absolute atomic E-state index is 0.0714. The molecule has 2 unspecified atom stereocenters. The second-order valence-corrected chi connectivity index (χ2v) is 9.95. The predicted molar refractivity (Wildman–Crippen MR) is 126 cm³/mol. The Morgan fingerprint density at radius 1 is 1.21 bits per heavy atom. The van der Waals surface area contributed by atoms with Gasteiger partial charge in [0.1, 0.15) is 5.01 Å². The van der Waals surface area contributed by atoms with E-state index in [4.69, 9.17) is 4.74 Å². The van der Waals surface area contributed by atoms with Crippen molar-refractivity contribution in [2.24, 2.45) is 5.92 Å². The molecule has 0 spiro atoms. The molecule has 0 radical (unpaired) electrons. The number of aryl methyl sites for hydroxylation is 1. The summed E-state index contributed by atoms with van der Waals surface area (Å²) in [5.74, 6) is 0.162. The fraction of sp³-hybridized carbons (Fsp3) is 0.417. The van der Waals surface area contributed by atoms with Crippen molar-refractivity contribution in [2.75, 3.05) is 25.1 Å². The summed E-state index contributed by atoms with van der Waals surface area (Å²) in [6.45, 7) is 3.77. The highest BCUT2D eigenvalue weighted by Gasteiger charge is 2.46. The number of hydrogen-bond donors (Lipinski definition) is 2. The van der Waals surface area contributed by atoms with Gasteiger partial charge in [-0.1, -0.05) is 35.6 Å². The first-order valence-electron chi connectivity index (χ1n) is 11.2. The Morgan fingerprint density at radius 2 is 2.00 bits per heavy atom. The van der Waals surface area contributed by atoms with E-state index < -0.39 is 6.09 Å². The molecule has 0 bridgehead atoms. The minimum Gasteiger partial charge on any atom is -0.465 e. The van der Waals surface area contributed by atoms with E-state index in [-0.39, 0.29) is 17.9 Å². The molecule has 5 rings (SSSR count). The summed E-state index contributed by atoms with van der Waals surface area (Å²) in [6, 6.07) is 11.7. The number of hydrogen-bond acceptors (Lipinski definition) is 6. The van der Waals surface area contributed by atoms with Crippen molar-refractivity contribution in [1.82, 2.24) is 15.1 Å². The molecule has 3 aromatic rings. The summed E-state index contributed by atoms with van der Waals surface area (Å²) in [7, 11) is 0. The molecule has 8 nitrogen and oxygen atoms in total. The summed E-state index contributed by atoms with van der Waals surface area (Å²) < 4.78 is 5.42. The van der Waals surface area contributed by atoms with Crippen molar-refractivity contribution in [3.8, 4) is 0 Å². The Morgan fingerprint density at radius 3 is 2.73 bits per heavy atom. The van der Waals surface area contributed by atoms with Crippen molar-refractivity contribution in [1.29, 1.82) is 0 Å². The van der Waals surface area contributed by atoms with Crippen LogP contribution in [0, 0.1) is 12.8 Å². The summed E-state index contributed by atoms with van der Waals surface area (Å²) in [5.41, 5.74) is 1.56. The molecular formula is C24H26N4O4S. The minimum atomic E-state index is -0.876. The summed E-state index contributed by atoms with van der Waals surface area (Å²) >= 11 is 1.33. The maximum absolute atomic E-state index is 13.0. The molecule has 1 aliphatic heterocycles. The normalized spacial score (nSPS) is 20.5. The van der Waals surface area contributed by atoms with Crippen LogP contribution in [-0.2, 0) is 4.74 Å². The van der Waals surface area contributed by atoms with E-state index >= 15 is 0 Å². The van der Waals surface area contributed by atoms with E-state index in [1.54, 1.807) is 4.90 Å². The SMILES string of the molecule is Cc1nnc(NC(=O)c2cc(C3CC3N(CC3CCOCC3)C(=O)O)c3ccccc3c2)s1. The summed E-state index contributed by atoms with van der Waals surface area (Å²) in [4.78, 5) is 26.7. The van der Waals surface area contributed by atoms with Crippen LogP contribution in [0.1, 0.15) is 46.1 Å². The van der Waals surface area contributed by atoms with Crippen molar-refractivity contribution in [3.05, 3.63) is 52.5 Å². The molecule has 1 aliphatic carbocycles. The van der Waals surface area contributed by atoms with Gasteiger partial charge < -0.3 is 14.7 Å². The molecule has 2 amide bonds. The standard InChI is InChI=1S/C24H26N4O4S/c1-14-26-27-23(33-14)25-22(29)17-10-16-4-2-3-5-18(16)19(11-17)20-12-21(20)28(24(30)31)13-15-6-8-32-9-7-15/h2-5,10-11,15,20-21H,6-9,12-13H2,1H3,(H,30,31)(H,25,27,29).